The molecule has 6 nitrogen and oxygen atoms in total. The number of ether oxygens (including phenoxy) is 1. The van der Waals surface area contributed by atoms with Crippen molar-refractivity contribution in [3.8, 4) is 0 Å². The number of hydrogen-bond donors (Lipinski definition) is 0. The molecule has 0 radical (unpaired) electrons. The average molecular weight is 327 g/mol. The Hall–Kier alpha value is -1.76. The first-order valence-corrected chi connectivity index (χ1v) is 8.75. The van der Waals surface area contributed by atoms with Gasteiger partial charge in [-0.3, -0.25) is 14.8 Å². The van der Waals surface area contributed by atoms with Crippen LogP contribution in [0, 0.1) is 0 Å². The second-order valence-corrected chi connectivity index (χ2v) is 6.66. The van der Waals surface area contributed by atoms with Gasteiger partial charge in [-0.05, 0) is 12.1 Å². The molecule has 2 aromatic heterocycles. The molecule has 128 valence electrons. The highest BCUT2D eigenvalue weighted by Crippen LogP contribution is 2.30. The molecule has 0 amide bonds. The first-order valence-electron chi connectivity index (χ1n) is 8.75. The molecule has 0 bridgehead atoms. The molecule has 0 spiro atoms. The highest BCUT2D eigenvalue weighted by molar-refractivity contribution is 5.22. The molecular formula is C18H25N5O. The smallest absolute Gasteiger partial charge is 0.0949 e. The van der Waals surface area contributed by atoms with E-state index in [0.29, 0.717) is 6.04 Å². The lowest BCUT2D eigenvalue weighted by Crippen LogP contribution is -2.45. The van der Waals surface area contributed by atoms with E-state index in [-0.39, 0.29) is 0 Å². The Labute approximate surface area is 143 Å². The van der Waals surface area contributed by atoms with Gasteiger partial charge in [0.2, 0.25) is 0 Å². The van der Waals surface area contributed by atoms with Gasteiger partial charge in [0.05, 0.1) is 37.0 Å². The fraction of sp³-hybridized carbons (Fsp3) is 0.556. The maximum Gasteiger partial charge on any atom is 0.0949 e. The predicted molar refractivity (Wildman–Crippen MR) is 91.6 cm³/mol. The molecule has 6 heteroatoms. The molecule has 2 aliphatic rings. The topological polar surface area (TPSA) is 46.4 Å². The van der Waals surface area contributed by atoms with Crippen LogP contribution < -0.4 is 0 Å². The van der Waals surface area contributed by atoms with Crippen molar-refractivity contribution in [1.82, 2.24) is 24.3 Å². The zero-order valence-corrected chi connectivity index (χ0v) is 14.3. The lowest BCUT2D eigenvalue weighted by Gasteiger charge is -2.39. The Kier molecular flexibility index (Phi) is 4.60. The summed E-state index contributed by atoms with van der Waals surface area (Å²) in [4.78, 5) is 14.3. The van der Waals surface area contributed by atoms with Crippen LogP contribution in [-0.4, -0.2) is 63.7 Å². The molecule has 4 rings (SSSR count). The fourth-order valence-electron chi connectivity index (χ4n) is 3.75. The van der Waals surface area contributed by atoms with Crippen molar-refractivity contribution >= 4 is 0 Å². The lowest BCUT2D eigenvalue weighted by molar-refractivity contribution is 0.0186. The number of aryl methyl sites for hydroxylation is 1. The summed E-state index contributed by atoms with van der Waals surface area (Å²) >= 11 is 0. The molecular weight excluding hydrogens is 302 g/mol. The minimum atomic E-state index is 0.329. The molecule has 0 aliphatic carbocycles. The van der Waals surface area contributed by atoms with Crippen LogP contribution >= 0.6 is 0 Å². The quantitative estimate of drug-likeness (QED) is 0.846. The standard InChI is InChI=1S/C18H25N5O/c1-21-14-20-18-16(21)5-7-23(12-15-4-2-3-6-19-15)17(18)13-22-8-10-24-11-9-22/h2-4,6,14,17H,5,7-13H2,1H3. The SMILES string of the molecule is Cn1cnc2c1CCN(Cc1ccccn1)C2CN1CCOCC1. The van der Waals surface area contributed by atoms with Crippen LogP contribution in [0.1, 0.15) is 23.1 Å². The molecule has 1 atom stereocenters. The van der Waals surface area contributed by atoms with Gasteiger partial charge >= 0.3 is 0 Å². The van der Waals surface area contributed by atoms with Gasteiger partial charge in [0, 0.05) is 58.1 Å². The normalized spacial score (nSPS) is 22.5. The van der Waals surface area contributed by atoms with Crippen molar-refractivity contribution in [3.63, 3.8) is 0 Å². The minimum Gasteiger partial charge on any atom is -0.379 e. The van der Waals surface area contributed by atoms with Gasteiger partial charge in [-0.15, -0.1) is 0 Å². The predicted octanol–water partition coefficient (Wildman–Crippen LogP) is 1.25. The molecule has 2 aliphatic heterocycles. The summed E-state index contributed by atoms with van der Waals surface area (Å²) in [6, 6.07) is 6.48. The lowest BCUT2D eigenvalue weighted by atomic mass is 10.0. The third-order valence-electron chi connectivity index (χ3n) is 5.11. The maximum absolute atomic E-state index is 5.50. The summed E-state index contributed by atoms with van der Waals surface area (Å²) in [5.41, 5.74) is 3.75. The summed E-state index contributed by atoms with van der Waals surface area (Å²) in [5.74, 6) is 0. The Morgan fingerprint density at radius 2 is 2.04 bits per heavy atom. The van der Waals surface area contributed by atoms with Gasteiger partial charge in [-0.25, -0.2) is 4.98 Å². The first kappa shape index (κ1) is 15.7. The van der Waals surface area contributed by atoms with Crippen molar-refractivity contribution in [2.24, 2.45) is 7.05 Å². The van der Waals surface area contributed by atoms with Crippen LogP contribution in [0.15, 0.2) is 30.7 Å². The largest absolute Gasteiger partial charge is 0.379 e. The van der Waals surface area contributed by atoms with Crippen LogP contribution in [0.3, 0.4) is 0 Å². The number of morpholine rings is 1. The van der Waals surface area contributed by atoms with Crippen LogP contribution in [-0.2, 0) is 24.8 Å². The van der Waals surface area contributed by atoms with E-state index in [1.165, 1.54) is 11.4 Å². The van der Waals surface area contributed by atoms with E-state index in [9.17, 15) is 0 Å². The van der Waals surface area contributed by atoms with E-state index in [4.69, 9.17) is 9.72 Å². The van der Waals surface area contributed by atoms with Gasteiger partial charge in [0.1, 0.15) is 0 Å². The molecule has 1 fully saturated rings. The minimum absolute atomic E-state index is 0.329. The van der Waals surface area contributed by atoms with E-state index in [2.05, 4.69) is 38.5 Å². The van der Waals surface area contributed by atoms with Gasteiger partial charge < -0.3 is 9.30 Å². The second-order valence-electron chi connectivity index (χ2n) is 6.66. The highest BCUT2D eigenvalue weighted by Gasteiger charge is 2.32. The molecule has 2 aromatic rings. The summed E-state index contributed by atoms with van der Waals surface area (Å²) < 4.78 is 7.68. The molecule has 4 heterocycles. The van der Waals surface area contributed by atoms with E-state index in [0.717, 1.165) is 58.1 Å². The molecule has 0 aromatic carbocycles. The number of rotatable bonds is 4. The van der Waals surface area contributed by atoms with Crippen molar-refractivity contribution in [3.05, 3.63) is 47.8 Å². The van der Waals surface area contributed by atoms with E-state index < -0.39 is 0 Å². The summed E-state index contributed by atoms with van der Waals surface area (Å²) in [5, 5.41) is 0. The molecule has 0 saturated carbocycles. The van der Waals surface area contributed by atoms with Gasteiger partial charge in [0.15, 0.2) is 0 Å². The molecule has 1 unspecified atom stereocenters. The number of hydrogen-bond acceptors (Lipinski definition) is 5. The summed E-state index contributed by atoms with van der Waals surface area (Å²) in [7, 11) is 2.10. The van der Waals surface area contributed by atoms with E-state index in [1.807, 2.05) is 18.6 Å². The number of pyridine rings is 1. The third-order valence-corrected chi connectivity index (χ3v) is 5.11. The first-order chi connectivity index (χ1) is 11.8. The zero-order chi connectivity index (χ0) is 16.4. The Morgan fingerprint density at radius 1 is 1.17 bits per heavy atom. The second kappa shape index (κ2) is 7.01. The average Bonchev–Trinajstić information content (AvgIpc) is 3.00. The Balaban J connectivity index is 1.57. The van der Waals surface area contributed by atoms with E-state index in [1.54, 1.807) is 0 Å². The number of aromatic nitrogens is 3. The van der Waals surface area contributed by atoms with Gasteiger partial charge in [0.25, 0.3) is 0 Å². The van der Waals surface area contributed by atoms with Crippen LogP contribution in [0.25, 0.3) is 0 Å². The van der Waals surface area contributed by atoms with Gasteiger partial charge in [-0.2, -0.15) is 0 Å². The van der Waals surface area contributed by atoms with E-state index >= 15 is 0 Å². The van der Waals surface area contributed by atoms with Crippen molar-refractivity contribution < 1.29 is 4.74 Å². The van der Waals surface area contributed by atoms with Crippen LogP contribution in [0.2, 0.25) is 0 Å². The zero-order valence-electron chi connectivity index (χ0n) is 14.3. The third kappa shape index (κ3) is 3.22. The Bertz CT molecular complexity index is 665. The highest BCUT2D eigenvalue weighted by atomic mass is 16.5. The van der Waals surface area contributed by atoms with Crippen LogP contribution in [0.4, 0.5) is 0 Å². The van der Waals surface area contributed by atoms with Crippen LogP contribution in [0.5, 0.6) is 0 Å². The number of nitrogens with zero attached hydrogens (tertiary/aromatic N) is 5. The van der Waals surface area contributed by atoms with Gasteiger partial charge in [-0.1, -0.05) is 6.07 Å². The number of imidazole rings is 1. The fourth-order valence-corrected chi connectivity index (χ4v) is 3.75. The van der Waals surface area contributed by atoms with Crippen molar-refractivity contribution in [1.29, 1.82) is 0 Å². The van der Waals surface area contributed by atoms with Crippen molar-refractivity contribution in [2.75, 3.05) is 39.4 Å². The Morgan fingerprint density at radius 3 is 2.83 bits per heavy atom. The summed E-state index contributed by atoms with van der Waals surface area (Å²) in [6.45, 7) is 6.64. The molecule has 1 saturated heterocycles. The maximum atomic E-state index is 5.50. The monoisotopic (exact) mass is 327 g/mol. The molecule has 24 heavy (non-hydrogen) atoms. The van der Waals surface area contributed by atoms with Crippen molar-refractivity contribution in [2.45, 2.75) is 19.0 Å². The summed E-state index contributed by atoms with van der Waals surface area (Å²) in [6.07, 6.45) is 4.89. The molecule has 0 N–H and O–H groups in total. The number of fused-ring (bicyclic) bond motifs is 1.